The Bertz CT molecular complexity index is 588. The first-order chi connectivity index (χ1) is 9.60. The molecule has 0 saturated heterocycles. The van der Waals surface area contributed by atoms with Gasteiger partial charge >= 0.3 is 0 Å². The number of hydrogen-bond acceptors (Lipinski definition) is 5. The number of hydrogen-bond donors (Lipinski definition) is 2. The fourth-order valence-corrected chi connectivity index (χ4v) is 2.31. The Morgan fingerprint density at radius 1 is 1.30 bits per heavy atom. The molecule has 1 aromatic heterocycles. The third kappa shape index (κ3) is 3.68. The molecule has 3 N–H and O–H groups in total. The van der Waals surface area contributed by atoms with Crippen molar-refractivity contribution in [1.82, 2.24) is 9.97 Å². The van der Waals surface area contributed by atoms with Crippen LogP contribution in [0.4, 0.5) is 17.3 Å². The summed E-state index contributed by atoms with van der Waals surface area (Å²) in [6, 6.07) is 7.99. The first kappa shape index (κ1) is 14.7. The Balaban J connectivity index is 2.19. The van der Waals surface area contributed by atoms with E-state index in [2.05, 4.69) is 44.2 Å². The van der Waals surface area contributed by atoms with Gasteiger partial charge in [-0.05, 0) is 30.7 Å². The lowest BCUT2D eigenvalue weighted by molar-refractivity contribution is 0.864. The maximum atomic E-state index is 5.56. The predicted octanol–water partition coefficient (Wildman–Crippen LogP) is 2.69. The molecule has 2 rings (SSSR count). The van der Waals surface area contributed by atoms with E-state index < -0.39 is 0 Å². The Kier molecular flexibility index (Phi) is 4.92. The molecule has 0 saturated carbocycles. The van der Waals surface area contributed by atoms with Crippen LogP contribution in [-0.2, 0) is 0 Å². The zero-order valence-electron chi connectivity index (χ0n) is 11.6. The zero-order chi connectivity index (χ0) is 14.5. The average molecular weight is 336 g/mol. The highest BCUT2D eigenvalue weighted by atomic mass is 79.9. The summed E-state index contributed by atoms with van der Waals surface area (Å²) in [4.78, 5) is 10.5. The number of halogens is 1. The number of nitrogens with zero attached hydrogens (tertiary/aromatic N) is 3. The minimum Gasteiger partial charge on any atom is -0.358 e. The second-order valence-electron chi connectivity index (χ2n) is 4.56. The average Bonchev–Trinajstić information content (AvgIpc) is 2.43. The van der Waals surface area contributed by atoms with Gasteiger partial charge in [-0.1, -0.05) is 15.9 Å². The highest BCUT2D eigenvalue weighted by molar-refractivity contribution is 9.10. The predicted molar refractivity (Wildman–Crippen MR) is 86.5 cm³/mol. The zero-order valence-corrected chi connectivity index (χ0v) is 13.2. The van der Waals surface area contributed by atoms with Crippen LogP contribution < -0.4 is 16.0 Å². The quantitative estimate of drug-likeness (QED) is 0.879. The summed E-state index contributed by atoms with van der Waals surface area (Å²) in [7, 11) is 1.96. The highest BCUT2D eigenvalue weighted by Gasteiger charge is 2.05. The summed E-state index contributed by atoms with van der Waals surface area (Å²) in [5.41, 5.74) is 7.73. The van der Waals surface area contributed by atoms with Crippen LogP contribution in [0.2, 0.25) is 0 Å². The normalized spacial score (nSPS) is 10.4. The second kappa shape index (κ2) is 6.67. The van der Waals surface area contributed by atoms with Gasteiger partial charge in [0, 0.05) is 36.4 Å². The van der Waals surface area contributed by atoms with Crippen molar-refractivity contribution in [3.63, 3.8) is 0 Å². The topological polar surface area (TPSA) is 67.1 Å². The molecule has 6 heteroatoms. The summed E-state index contributed by atoms with van der Waals surface area (Å²) in [6.07, 6.45) is 1.55. The fourth-order valence-electron chi connectivity index (χ4n) is 1.84. The number of nitrogens with one attached hydrogen (secondary N) is 1. The molecule has 106 valence electrons. The van der Waals surface area contributed by atoms with E-state index in [4.69, 9.17) is 5.73 Å². The van der Waals surface area contributed by atoms with Gasteiger partial charge in [-0.25, -0.2) is 9.97 Å². The number of benzene rings is 1. The number of aryl methyl sites for hydroxylation is 1. The van der Waals surface area contributed by atoms with Gasteiger partial charge in [-0.3, -0.25) is 0 Å². The molecular weight excluding hydrogens is 318 g/mol. The van der Waals surface area contributed by atoms with E-state index in [9.17, 15) is 0 Å². The number of likely N-dealkylation sites (N-methyl/N-ethyl adjacent to an activating group) is 1. The van der Waals surface area contributed by atoms with E-state index in [0.717, 1.165) is 33.9 Å². The lowest BCUT2D eigenvalue weighted by Gasteiger charge is -2.17. The molecule has 1 aromatic carbocycles. The van der Waals surface area contributed by atoms with Crippen molar-refractivity contribution >= 4 is 33.3 Å². The number of rotatable bonds is 5. The molecule has 0 aliphatic carbocycles. The van der Waals surface area contributed by atoms with Gasteiger partial charge in [0.25, 0.3) is 0 Å². The molecule has 2 aromatic rings. The first-order valence-corrected chi connectivity index (χ1v) is 7.16. The van der Waals surface area contributed by atoms with E-state index in [-0.39, 0.29) is 0 Å². The highest BCUT2D eigenvalue weighted by Crippen LogP contribution is 2.23. The van der Waals surface area contributed by atoms with Crippen molar-refractivity contribution < 1.29 is 0 Å². The summed E-state index contributed by atoms with van der Waals surface area (Å²) in [5.74, 6) is 1.62. The van der Waals surface area contributed by atoms with Gasteiger partial charge in [0.15, 0.2) is 0 Å². The minimum absolute atomic E-state index is 0.592. The van der Waals surface area contributed by atoms with Crippen LogP contribution in [0, 0.1) is 6.92 Å². The van der Waals surface area contributed by atoms with Crippen molar-refractivity contribution in [3.8, 4) is 0 Å². The molecule has 20 heavy (non-hydrogen) atoms. The number of anilines is 3. The summed E-state index contributed by atoms with van der Waals surface area (Å²) in [5, 5.41) is 3.31. The van der Waals surface area contributed by atoms with Crippen molar-refractivity contribution in [2.75, 3.05) is 30.4 Å². The smallest absolute Gasteiger partial charge is 0.135 e. The lowest BCUT2D eigenvalue weighted by Crippen LogP contribution is -2.25. The first-order valence-electron chi connectivity index (χ1n) is 6.36. The molecule has 0 amide bonds. The van der Waals surface area contributed by atoms with Crippen LogP contribution in [0.1, 0.15) is 5.56 Å². The summed E-state index contributed by atoms with van der Waals surface area (Å²) >= 11 is 3.46. The molecule has 0 unspecified atom stereocenters. The Morgan fingerprint density at radius 2 is 2.10 bits per heavy atom. The van der Waals surface area contributed by atoms with Crippen molar-refractivity contribution in [1.29, 1.82) is 0 Å². The van der Waals surface area contributed by atoms with E-state index in [1.165, 1.54) is 0 Å². The van der Waals surface area contributed by atoms with Crippen LogP contribution in [0.15, 0.2) is 35.1 Å². The minimum atomic E-state index is 0.592. The molecule has 0 atom stereocenters. The molecule has 0 spiro atoms. The molecule has 0 bridgehead atoms. The molecule has 0 aliphatic rings. The monoisotopic (exact) mass is 335 g/mol. The Morgan fingerprint density at radius 3 is 2.80 bits per heavy atom. The Hall–Kier alpha value is -1.66. The van der Waals surface area contributed by atoms with Gasteiger partial charge in [-0.15, -0.1) is 0 Å². The largest absolute Gasteiger partial charge is 0.358 e. The molecule has 0 aliphatic heterocycles. The molecule has 0 fully saturated rings. The third-order valence-electron chi connectivity index (χ3n) is 2.96. The third-order valence-corrected chi connectivity index (χ3v) is 3.45. The van der Waals surface area contributed by atoms with Crippen molar-refractivity contribution in [2.24, 2.45) is 5.73 Å². The second-order valence-corrected chi connectivity index (χ2v) is 5.47. The van der Waals surface area contributed by atoms with E-state index >= 15 is 0 Å². The fraction of sp³-hybridized carbons (Fsp3) is 0.286. The van der Waals surface area contributed by atoms with Crippen LogP contribution in [-0.4, -0.2) is 30.1 Å². The van der Waals surface area contributed by atoms with E-state index in [0.29, 0.717) is 6.54 Å². The number of aromatic nitrogens is 2. The molecule has 1 heterocycles. The maximum Gasteiger partial charge on any atom is 0.135 e. The SMILES string of the molecule is Cc1cc(Br)ccc1Nc1cc(N(C)CCN)ncn1. The van der Waals surface area contributed by atoms with E-state index in [1.807, 2.05) is 30.1 Å². The van der Waals surface area contributed by atoms with Crippen LogP contribution in [0.3, 0.4) is 0 Å². The Labute approximate surface area is 127 Å². The summed E-state index contributed by atoms with van der Waals surface area (Å²) < 4.78 is 1.06. The maximum absolute atomic E-state index is 5.56. The van der Waals surface area contributed by atoms with Crippen LogP contribution in [0.5, 0.6) is 0 Å². The van der Waals surface area contributed by atoms with E-state index in [1.54, 1.807) is 6.33 Å². The molecule has 5 nitrogen and oxygen atoms in total. The number of nitrogens with two attached hydrogens (primary N) is 1. The van der Waals surface area contributed by atoms with Crippen LogP contribution >= 0.6 is 15.9 Å². The summed E-state index contributed by atoms with van der Waals surface area (Å²) in [6.45, 7) is 3.40. The molecule has 0 radical (unpaired) electrons. The van der Waals surface area contributed by atoms with Gasteiger partial charge in [0.2, 0.25) is 0 Å². The van der Waals surface area contributed by atoms with Gasteiger partial charge in [0.1, 0.15) is 18.0 Å². The van der Waals surface area contributed by atoms with Gasteiger partial charge in [-0.2, -0.15) is 0 Å². The standard InChI is InChI=1S/C14H18BrN5/c1-10-7-11(15)3-4-12(10)19-13-8-14(18-9-17-13)20(2)6-5-16/h3-4,7-9H,5-6,16H2,1-2H3,(H,17,18,19). The lowest BCUT2D eigenvalue weighted by atomic mass is 10.2. The van der Waals surface area contributed by atoms with Crippen LogP contribution in [0.25, 0.3) is 0 Å². The van der Waals surface area contributed by atoms with Gasteiger partial charge < -0.3 is 16.0 Å². The molecular formula is C14H18BrN5. The van der Waals surface area contributed by atoms with Crippen molar-refractivity contribution in [3.05, 3.63) is 40.6 Å². The van der Waals surface area contributed by atoms with Crippen molar-refractivity contribution in [2.45, 2.75) is 6.92 Å². The van der Waals surface area contributed by atoms with Gasteiger partial charge in [0.05, 0.1) is 0 Å².